The second-order valence-corrected chi connectivity index (χ2v) is 5.40. The molecule has 1 aromatic carbocycles. The maximum atomic E-state index is 11.1. The van der Waals surface area contributed by atoms with Crippen molar-refractivity contribution in [3.8, 4) is 11.8 Å². The van der Waals surface area contributed by atoms with Crippen molar-refractivity contribution in [2.45, 2.75) is 10.8 Å². The Hall–Kier alpha value is -0.960. The number of halogens is 2. The van der Waals surface area contributed by atoms with Crippen LogP contribution in [0, 0.1) is 11.3 Å². The summed E-state index contributed by atoms with van der Waals surface area (Å²) in [4.78, 5) is -0.593. The predicted molar refractivity (Wildman–Crippen MR) is 55.4 cm³/mol. The molecule has 0 spiro atoms. The fourth-order valence-corrected chi connectivity index (χ4v) is 2.52. The number of phenols is 1. The van der Waals surface area contributed by atoms with Gasteiger partial charge in [0.05, 0.1) is 5.56 Å². The zero-order valence-corrected chi connectivity index (χ0v) is 9.57. The van der Waals surface area contributed by atoms with Gasteiger partial charge in [0, 0.05) is 16.6 Å². The highest BCUT2D eigenvalue weighted by Gasteiger charge is 2.23. The summed E-state index contributed by atoms with van der Waals surface area (Å²) >= 11 is 5.51. The molecule has 4 nitrogen and oxygen atoms in total. The van der Waals surface area contributed by atoms with E-state index in [0.29, 0.717) is 5.56 Å². The van der Waals surface area contributed by atoms with Crippen molar-refractivity contribution in [1.29, 1.82) is 5.26 Å². The highest BCUT2D eigenvalue weighted by atomic mass is 35.7. The fraction of sp³-hybridized carbons (Fsp3) is 0.125. The molecule has 0 aliphatic rings. The summed E-state index contributed by atoms with van der Waals surface area (Å²) < 4.78 is 22.2. The van der Waals surface area contributed by atoms with E-state index in [4.69, 9.17) is 27.5 Å². The number of hydrogen-bond acceptors (Lipinski definition) is 4. The van der Waals surface area contributed by atoms with Gasteiger partial charge in [0.1, 0.15) is 16.7 Å². The van der Waals surface area contributed by atoms with E-state index in [9.17, 15) is 13.5 Å². The normalized spacial score (nSPS) is 11.0. The van der Waals surface area contributed by atoms with Crippen LogP contribution in [0.1, 0.15) is 11.1 Å². The van der Waals surface area contributed by atoms with Crippen LogP contribution in [0.2, 0.25) is 0 Å². The van der Waals surface area contributed by atoms with Gasteiger partial charge in [-0.05, 0) is 11.6 Å². The van der Waals surface area contributed by atoms with Gasteiger partial charge in [-0.1, -0.05) is 6.07 Å². The van der Waals surface area contributed by atoms with Gasteiger partial charge in [0.15, 0.2) is 0 Å². The van der Waals surface area contributed by atoms with Crippen LogP contribution in [-0.4, -0.2) is 13.5 Å². The fourth-order valence-electron chi connectivity index (χ4n) is 1.09. The lowest BCUT2D eigenvalue weighted by Gasteiger charge is -2.06. The van der Waals surface area contributed by atoms with Crippen molar-refractivity contribution in [3.05, 3.63) is 23.3 Å². The number of phenolic OH excluding ortho intramolecular Hbond substituents is 1. The molecule has 1 N–H and O–H groups in total. The van der Waals surface area contributed by atoms with Gasteiger partial charge in [-0.15, -0.1) is 11.6 Å². The van der Waals surface area contributed by atoms with Crippen LogP contribution in [0.4, 0.5) is 0 Å². The third-order valence-corrected chi connectivity index (χ3v) is 3.37. The van der Waals surface area contributed by atoms with Crippen LogP contribution in [0.5, 0.6) is 5.75 Å². The number of alkyl halides is 1. The van der Waals surface area contributed by atoms with E-state index in [2.05, 4.69) is 0 Å². The Balaban J connectivity index is 3.71. The van der Waals surface area contributed by atoms with Crippen LogP contribution in [-0.2, 0) is 14.9 Å². The van der Waals surface area contributed by atoms with E-state index >= 15 is 0 Å². The molecular weight excluding hydrogens is 261 g/mol. The molecule has 0 fully saturated rings. The maximum absolute atomic E-state index is 11.1. The van der Waals surface area contributed by atoms with Crippen molar-refractivity contribution in [1.82, 2.24) is 0 Å². The van der Waals surface area contributed by atoms with E-state index < -0.39 is 19.7 Å². The smallest absolute Gasteiger partial charge is 0.266 e. The van der Waals surface area contributed by atoms with E-state index in [1.807, 2.05) is 0 Å². The number of nitriles is 1. The molecule has 1 aromatic rings. The molecule has 15 heavy (non-hydrogen) atoms. The minimum atomic E-state index is -4.17. The van der Waals surface area contributed by atoms with Gasteiger partial charge >= 0.3 is 0 Å². The first-order valence-corrected chi connectivity index (χ1v) is 6.51. The standard InChI is InChI=1S/C8H5Cl2NO3S/c9-3-5-1-2-7(12)8(6(5)4-11)15(10,13)14/h1-2,12H,3H2. The molecule has 0 heterocycles. The molecule has 0 saturated heterocycles. The minimum absolute atomic E-state index is 0.0391. The van der Waals surface area contributed by atoms with E-state index in [1.54, 1.807) is 6.07 Å². The molecule has 0 amide bonds. The molecule has 0 radical (unpaired) electrons. The number of aromatic hydroxyl groups is 1. The Morgan fingerprint density at radius 1 is 1.47 bits per heavy atom. The SMILES string of the molecule is N#Cc1c(CCl)ccc(O)c1S(=O)(=O)Cl. The van der Waals surface area contributed by atoms with Crippen molar-refractivity contribution in [3.63, 3.8) is 0 Å². The molecular formula is C8H5Cl2NO3S. The summed E-state index contributed by atoms with van der Waals surface area (Å²) in [7, 11) is 0.927. The van der Waals surface area contributed by atoms with Gasteiger partial charge in [-0.25, -0.2) is 8.42 Å². The number of hydrogen-bond donors (Lipinski definition) is 1. The second-order valence-electron chi connectivity index (χ2n) is 2.63. The largest absolute Gasteiger partial charge is 0.506 e. The van der Waals surface area contributed by atoms with E-state index in [0.717, 1.165) is 6.07 Å². The molecule has 80 valence electrons. The van der Waals surface area contributed by atoms with Crippen LogP contribution in [0.3, 0.4) is 0 Å². The average Bonchev–Trinajstić information content (AvgIpc) is 2.15. The van der Waals surface area contributed by atoms with Gasteiger partial charge in [-0.2, -0.15) is 5.26 Å². The number of rotatable bonds is 2. The first-order chi connectivity index (χ1) is 6.91. The van der Waals surface area contributed by atoms with Crippen molar-refractivity contribution >= 4 is 31.3 Å². The van der Waals surface area contributed by atoms with Gasteiger partial charge < -0.3 is 5.11 Å². The zero-order valence-electron chi connectivity index (χ0n) is 7.24. The third-order valence-electron chi connectivity index (χ3n) is 1.72. The zero-order chi connectivity index (χ0) is 11.6. The summed E-state index contributed by atoms with van der Waals surface area (Å²) in [6.45, 7) is 0. The van der Waals surface area contributed by atoms with Crippen LogP contribution < -0.4 is 0 Å². The van der Waals surface area contributed by atoms with Gasteiger partial charge in [0.25, 0.3) is 9.05 Å². The molecule has 0 bridgehead atoms. The molecule has 7 heteroatoms. The van der Waals surface area contributed by atoms with Crippen LogP contribution in [0.25, 0.3) is 0 Å². The van der Waals surface area contributed by atoms with Gasteiger partial charge in [-0.3, -0.25) is 0 Å². The molecule has 0 saturated carbocycles. The van der Waals surface area contributed by atoms with Crippen molar-refractivity contribution < 1.29 is 13.5 Å². The van der Waals surface area contributed by atoms with E-state index in [-0.39, 0.29) is 11.4 Å². The molecule has 0 atom stereocenters. The topological polar surface area (TPSA) is 78.2 Å². The van der Waals surface area contributed by atoms with Crippen LogP contribution in [0.15, 0.2) is 17.0 Å². The molecule has 1 rings (SSSR count). The monoisotopic (exact) mass is 265 g/mol. The first-order valence-electron chi connectivity index (χ1n) is 3.67. The summed E-state index contributed by atoms with van der Waals surface area (Å²) in [5.41, 5.74) is 0.0798. The van der Waals surface area contributed by atoms with Crippen LogP contribution >= 0.6 is 22.3 Å². The lowest BCUT2D eigenvalue weighted by Crippen LogP contribution is -1.99. The lowest BCUT2D eigenvalue weighted by molar-refractivity contribution is 0.459. The minimum Gasteiger partial charge on any atom is -0.506 e. The summed E-state index contributed by atoms with van der Waals surface area (Å²) in [6, 6.07) is 4.15. The Bertz CT molecular complexity index is 534. The Morgan fingerprint density at radius 3 is 2.47 bits per heavy atom. The predicted octanol–water partition coefficient (Wildman–Crippen LogP) is 1.93. The average molecular weight is 266 g/mol. The molecule has 0 aliphatic carbocycles. The Labute approximate surface area is 96.1 Å². The summed E-state index contributed by atoms with van der Waals surface area (Å²) in [5.74, 6) is -0.599. The molecule has 0 unspecified atom stereocenters. The first kappa shape index (κ1) is 12.1. The third kappa shape index (κ3) is 2.34. The maximum Gasteiger partial charge on any atom is 0.266 e. The second kappa shape index (κ2) is 4.27. The summed E-state index contributed by atoms with van der Waals surface area (Å²) in [5, 5.41) is 18.1. The highest BCUT2D eigenvalue weighted by molar-refractivity contribution is 8.13. The number of benzene rings is 1. The Morgan fingerprint density at radius 2 is 2.07 bits per heavy atom. The lowest BCUT2D eigenvalue weighted by atomic mass is 10.1. The highest BCUT2D eigenvalue weighted by Crippen LogP contribution is 2.31. The number of nitrogens with zero attached hydrogens (tertiary/aromatic N) is 1. The summed E-state index contributed by atoms with van der Waals surface area (Å²) in [6.07, 6.45) is 0. The van der Waals surface area contributed by atoms with Crippen molar-refractivity contribution in [2.75, 3.05) is 0 Å². The quantitative estimate of drug-likeness (QED) is 0.655. The Kier molecular flexibility index (Phi) is 3.45. The van der Waals surface area contributed by atoms with E-state index in [1.165, 1.54) is 6.07 Å². The molecule has 0 aromatic heterocycles. The van der Waals surface area contributed by atoms with Crippen molar-refractivity contribution in [2.24, 2.45) is 0 Å². The molecule has 0 aliphatic heterocycles. The van der Waals surface area contributed by atoms with Gasteiger partial charge in [0.2, 0.25) is 0 Å².